The zero-order valence-corrected chi connectivity index (χ0v) is 10.2. The minimum Gasteiger partial charge on any atom is -0.494 e. The summed E-state index contributed by atoms with van der Waals surface area (Å²) in [4.78, 5) is 12.1. The molecule has 0 atom stereocenters. The van der Waals surface area contributed by atoms with Gasteiger partial charge in [0, 0.05) is 18.9 Å². The zero-order chi connectivity index (χ0) is 12.4. The molecule has 0 aliphatic heterocycles. The molecule has 0 bridgehead atoms. The van der Waals surface area contributed by atoms with Gasteiger partial charge in [-0.3, -0.25) is 4.79 Å². The van der Waals surface area contributed by atoms with Crippen molar-refractivity contribution < 1.29 is 9.90 Å². The van der Waals surface area contributed by atoms with E-state index in [4.69, 9.17) is 0 Å². The number of carbonyl (C=O) groups excluding carboxylic acids is 1. The van der Waals surface area contributed by atoms with E-state index in [1.54, 1.807) is 11.6 Å². The molecule has 90 valence electrons. The maximum atomic E-state index is 12.1. The average Bonchev–Trinajstić information content (AvgIpc) is 2.60. The lowest BCUT2D eigenvalue weighted by atomic mass is 10.0. The summed E-state index contributed by atoms with van der Waals surface area (Å²) in [5.41, 5.74) is 1.36. The van der Waals surface area contributed by atoms with Gasteiger partial charge in [-0.15, -0.1) is 0 Å². The lowest BCUT2D eigenvalue weighted by molar-refractivity contribution is 0.0978. The molecule has 1 aromatic heterocycles. The Hall–Kier alpha value is -1.77. The zero-order valence-electron chi connectivity index (χ0n) is 10.2. The van der Waals surface area contributed by atoms with E-state index < -0.39 is 0 Å². The molecule has 2 aromatic rings. The molecule has 0 spiro atoms. The molecule has 1 heterocycles. The minimum atomic E-state index is 0.0288. The molecule has 17 heavy (non-hydrogen) atoms. The van der Waals surface area contributed by atoms with Gasteiger partial charge in [0.15, 0.2) is 5.78 Å². The molecule has 0 fully saturated rings. The Balaban J connectivity index is 2.53. The highest BCUT2D eigenvalue weighted by Gasteiger charge is 2.19. The molecule has 1 aromatic carbocycles. The first-order valence-electron chi connectivity index (χ1n) is 5.96. The van der Waals surface area contributed by atoms with E-state index in [1.165, 1.54) is 0 Å². The Morgan fingerprint density at radius 1 is 1.35 bits per heavy atom. The van der Waals surface area contributed by atoms with Crippen molar-refractivity contribution in [2.24, 2.45) is 7.05 Å². The fourth-order valence-electron chi connectivity index (χ4n) is 2.12. The fourth-order valence-corrected chi connectivity index (χ4v) is 2.12. The van der Waals surface area contributed by atoms with E-state index in [-0.39, 0.29) is 11.7 Å². The Kier molecular flexibility index (Phi) is 3.18. The standard InChI is InChI=1S/C14H17NO2/c1-3-4-9-12(16)13-10-7-5-6-8-11(10)15(2)14(13)17/h5-8,17H,3-4,9H2,1-2H3. The number of Topliss-reactive ketones (excluding diaryl/α,β-unsaturated/α-hetero) is 1. The van der Waals surface area contributed by atoms with Crippen LogP contribution < -0.4 is 0 Å². The Morgan fingerprint density at radius 3 is 2.76 bits per heavy atom. The number of fused-ring (bicyclic) bond motifs is 1. The van der Waals surface area contributed by atoms with Gasteiger partial charge in [0.05, 0.1) is 11.1 Å². The summed E-state index contributed by atoms with van der Waals surface area (Å²) in [6.07, 6.45) is 2.34. The molecule has 1 N–H and O–H groups in total. The Labute approximate surface area is 101 Å². The van der Waals surface area contributed by atoms with Crippen molar-refractivity contribution in [1.82, 2.24) is 4.57 Å². The van der Waals surface area contributed by atoms with Crippen LogP contribution in [0.2, 0.25) is 0 Å². The maximum absolute atomic E-state index is 12.1. The normalized spacial score (nSPS) is 10.9. The first kappa shape index (κ1) is 11.7. The second-order valence-electron chi connectivity index (χ2n) is 4.30. The van der Waals surface area contributed by atoms with Gasteiger partial charge in [-0.05, 0) is 12.5 Å². The molecule has 3 heteroatoms. The summed E-state index contributed by atoms with van der Waals surface area (Å²) in [5.74, 6) is 0.105. The van der Waals surface area contributed by atoms with Crippen LogP contribution in [-0.4, -0.2) is 15.5 Å². The number of rotatable bonds is 4. The molecule has 2 rings (SSSR count). The van der Waals surface area contributed by atoms with Crippen molar-refractivity contribution in [3.63, 3.8) is 0 Å². The molecule has 0 aliphatic rings. The molecular weight excluding hydrogens is 214 g/mol. The van der Waals surface area contributed by atoms with Crippen LogP contribution in [0.5, 0.6) is 5.88 Å². The van der Waals surface area contributed by atoms with E-state index >= 15 is 0 Å². The fraction of sp³-hybridized carbons (Fsp3) is 0.357. The summed E-state index contributed by atoms with van der Waals surface area (Å²) in [6.45, 7) is 2.05. The number of aromatic hydroxyl groups is 1. The highest BCUT2D eigenvalue weighted by molar-refractivity contribution is 6.10. The predicted octanol–water partition coefficient (Wildman–Crippen LogP) is 3.26. The van der Waals surface area contributed by atoms with E-state index in [9.17, 15) is 9.90 Å². The summed E-state index contributed by atoms with van der Waals surface area (Å²) >= 11 is 0. The third-order valence-corrected chi connectivity index (χ3v) is 3.11. The van der Waals surface area contributed by atoms with Crippen molar-refractivity contribution in [3.8, 4) is 5.88 Å². The van der Waals surface area contributed by atoms with Gasteiger partial charge in [0.2, 0.25) is 5.88 Å². The molecule has 0 amide bonds. The van der Waals surface area contributed by atoms with Crippen molar-refractivity contribution >= 4 is 16.7 Å². The van der Waals surface area contributed by atoms with E-state index in [1.807, 2.05) is 24.3 Å². The monoisotopic (exact) mass is 231 g/mol. The van der Waals surface area contributed by atoms with Gasteiger partial charge in [-0.1, -0.05) is 31.5 Å². The second-order valence-corrected chi connectivity index (χ2v) is 4.30. The third kappa shape index (κ3) is 1.93. The molecule has 3 nitrogen and oxygen atoms in total. The predicted molar refractivity (Wildman–Crippen MR) is 68.4 cm³/mol. The van der Waals surface area contributed by atoms with E-state index in [2.05, 4.69) is 6.92 Å². The van der Waals surface area contributed by atoms with Crippen LogP contribution in [0, 0.1) is 0 Å². The number of hydrogen-bond acceptors (Lipinski definition) is 2. The quantitative estimate of drug-likeness (QED) is 0.821. The number of ketones is 1. The van der Waals surface area contributed by atoms with Crippen LogP contribution in [0.3, 0.4) is 0 Å². The average molecular weight is 231 g/mol. The summed E-state index contributed by atoms with van der Waals surface area (Å²) in [6, 6.07) is 7.58. The molecular formula is C14H17NO2. The lowest BCUT2D eigenvalue weighted by Gasteiger charge is -1.99. The molecule has 0 saturated heterocycles. The van der Waals surface area contributed by atoms with E-state index in [0.29, 0.717) is 12.0 Å². The van der Waals surface area contributed by atoms with Crippen LogP contribution >= 0.6 is 0 Å². The third-order valence-electron chi connectivity index (χ3n) is 3.11. The van der Waals surface area contributed by atoms with Gasteiger partial charge in [-0.25, -0.2) is 0 Å². The number of hydrogen-bond donors (Lipinski definition) is 1. The van der Waals surface area contributed by atoms with E-state index in [0.717, 1.165) is 23.7 Å². The Morgan fingerprint density at radius 2 is 2.06 bits per heavy atom. The largest absolute Gasteiger partial charge is 0.494 e. The topological polar surface area (TPSA) is 42.2 Å². The SMILES string of the molecule is CCCCC(=O)c1c(O)n(C)c2ccccc12. The number of benzene rings is 1. The van der Waals surface area contributed by atoms with Crippen LogP contribution in [-0.2, 0) is 7.05 Å². The van der Waals surface area contributed by atoms with Gasteiger partial charge >= 0.3 is 0 Å². The van der Waals surface area contributed by atoms with Gasteiger partial charge in [0.1, 0.15) is 0 Å². The van der Waals surface area contributed by atoms with Crippen molar-refractivity contribution in [2.75, 3.05) is 0 Å². The van der Waals surface area contributed by atoms with Crippen LogP contribution in [0.1, 0.15) is 36.5 Å². The second kappa shape index (κ2) is 4.62. The number of para-hydroxylation sites is 1. The van der Waals surface area contributed by atoms with Crippen molar-refractivity contribution in [2.45, 2.75) is 26.2 Å². The van der Waals surface area contributed by atoms with Gasteiger partial charge in [0.25, 0.3) is 0 Å². The first-order valence-corrected chi connectivity index (χ1v) is 5.96. The Bertz CT molecular complexity index is 555. The summed E-state index contributed by atoms with van der Waals surface area (Å²) in [7, 11) is 1.77. The highest BCUT2D eigenvalue weighted by atomic mass is 16.3. The van der Waals surface area contributed by atoms with Crippen LogP contribution in [0.15, 0.2) is 24.3 Å². The van der Waals surface area contributed by atoms with Crippen LogP contribution in [0.4, 0.5) is 0 Å². The van der Waals surface area contributed by atoms with Crippen LogP contribution in [0.25, 0.3) is 10.9 Å². The minimum absolute atomic E-state index is 0.0288. The summed E-state index contributed by atoms with van der Waals surface area (Å²) < 4.78 is 1.66. The van der Waals surface area contributed by atoms with Crippen molar-refractivity contribution in [3.05, 3.63) is 29.8 Å². The van der Waals surface area contributed by atoms with Crippen molar-refractivity contribution in [1.29, 1.82) is 0 Å². The molecule has 0 unspecified atom stereocenters. The number of aryl methyl sites for hydroxylation is 1. The molecule has 0 radical (unpaired) electrons. The number of unbranched alkanes of at least 4 members (excludes halogenated alkanes) is 1. The first-order chi connectivity index (χ1) is 8.16. The smallest absolute Gasteiger partial charge is 0.202 e. The van der Waals surface area contributed by atoms with Gasteiger partial charge in [-0.2, -0.15) is 0 Å². The molecule has 0 saturated carbocycles. The lowest BCUT2D eigenvalue weighted by Crippen LogP contribution is -1.98. The number of nitrogens with zero attached hydrogens (tertiary/aromatic N) is 1. The number of carbonyl (C=O) groups is 1. The highest BCUT2D eigenvalue weighted by Crippen LogP contribution is 2.31. The maximum Gasteiger partial charge on any atom is 0.202 e. The number of aromatic nitrogens is 1. The molecule has 0 aliphatic carbocycles. The summed E-state index contributed by atoms with van der Waals surface area (Å²) in [5, 5.41) is 10.9. The van der Waals surface area contributed by atoms with Gasteiger partial charge < -0.3 is 9.67 Å².